The molecular formula is C89H124Cl2F7N9OS. The van der Waals surface area contributed by atoms with Crippen molar-refractivity contribution in [2.45, 2.75) is 278 Å². The van der Waals surface area contributed by atoms with Gasteiger partial charge >= 0.3 is 0 Å². The van der Waals surface area contributed by atoms with E-state index in [-0.39, 0.29) is 47.0 Å². The molecule has 0 spiro atoms. The second-order valence-electron chi connectivity index (χ2n) is 32.0. The van der Waals surface area contributed by atoms with E-state index in [1.54, 1.807) is 54.6 Å². The lowest BCUT2D eigenvalue weighted by Gasteiger charge is -2.29. The van der Waals surface area contributed by atoms with E-state index < -0.39 is 12.2 Å². The molecule has 3 aromatic heterocycles. The van der Waals surface area contributed by atoms with Crippen LogP contribution in [0.15, 0.2) is 133 Å². The van der Waals surface area contributed by atoms with Crippen molar-refractivity contribution >= 4 is 34.5 Å². The highest BCUT2D eigenvalue weighted by molar-refractivity contribution is 7.10. The average molecular weight is 1570 g/mol. The molecule has 0 aliphatic carbocycles. The van der Waals surface area contributed by atoms with Crippen molar-refractivity contribution in [3.8, 4) is 5.75 Å². The maximum absolute atomic E-state index is 13.4. The van der Waals surface area contributed by atoms with E-state index in [9.17, 15) is 30.7 Å². The van der Waals surface area contributed by atoms with Crippen LogP contribution >= 0.6 is 34.5 Å². The molecule has 600 valence electrons. The van der Waals surface area contributed by atoms with Gasteiger partial charge in [0.2, 0.25) is 0 Å². The maximum atomic E-state index is 13.4. The van der Waals surface area contributed by atoms with Crippen LogP contribution in [0, 0.1) is 29.1 Å². The Labute approximate surface area is 663 Å². The Bertz CT molecular complexity index is 3800. The summed E-state index contributed by atoms with van der Waals surface area (Å²) in [6.07, 6.45) is 18.5. The van der Waals surface area contributed by atoms with Crippen LogP contribution in [0.4, 0.5) is 30.7 Å². The first-order chi connectivity index (χ1) is 52.1. The summed E-state index contributed by atoms with van der Waals surface area (Å²) < 4.78 is 97.7. The number of nitrogens with zero attached hydrogens (tertiary/aromatic N) is 9. The number of likely N-dealkylation sites (tertiary alicyclic amines) is 7. The predicted octanol–water partition coefficient (Wildman–Crippen LogP) is 24.4. The molecule has 7 fully saturated rings. The van der Waals surface area contributed by atoms with Crippen LogP contribution in [-0.2, 0) is 0 Å². The molecule has 20 heteroatoms. The second-order valence-corrected chi connectivity index (χ2v) is 33.8. The van der Waals surface area contributed by atoms with Crippen LogP contribution in [0.3, 0.4) is 0 Å². The summed E-state index contributed by atoms with van der Waals surface area (Å²) in [5.74, 6) is -0.499. The molecule has 7 aromatic rings. The Hall–Kier alpha value is -5.51. The highest BCUT2D eigenvalue weighted by Gasteiger charge is 2.36. The SMILES string of the molecule is CC(C)N1CCCC1c1cc(F)cc(Cl)c1.CC(C)N1CCCC1c1cc(F)ccc1C(F)F.CC(C)N1CCCC1c1cc(F)ccc1Cl.CC(C)N1CCCC1c1ccccn1.CC(C)N1CCCC1c1cccs1.CC(C)N1CCCC1c1cncc(F)c1.COc1ccc(F)cc1C1CCCN1C(C)C. The van der Waals surface area contributed by atoms with Crippen molar-refractivity contribution in [3.63, 3.8) is 0 Å². The van der Waals surface area contributed by atoms with Gasteiger partial charge < -0.3 is 4.74 Å². The number of hydrogen-bond acceptors (Lipinski definition) is 11. The highest BCUT2D eigenvalue weighted by Crippen LogP contribution is 2.43. The number of alkyl halides is 2. The van der Waals surface area contributed by atoms with Gasteiger partial charge in [-0.25, -0.2) is 30.7 Å². The normalized spacial score (nSPS) is 22.2. The van der Waals surface area contributed by atoms with E-state index in [1.807, 2.05) is 43.5 Å². The van der Waals surface area contributed by atoms with Gasteiger partial charge in [0, 0.05) is 117 Å². The molecule has 4 aromatic carbocycles. The minimum Gasteiger partial charge on any atom is -0.496 e. The Balaban J connectivity index is 0.000000160. The van der Waals surface area contributed by atoms with E-state index in [0.717, 1.165) is 112 Å². The van der Waals surface area contributed by atoms with Crippen molar-refractivity contribution in [2.75, 3.05) is 52.9 Å². The number of hydrogen-bond donors (Lipinski definition) is 0. The van der Waals surface area contributed by atoms with Crippen LogP contribution in [0.2, 0.25) is 10.0 Å². The van der Waals surface area contributed by atoms with Crippen molar-refractivity contribution in [1.82, 2.24) is 44.3 Å². The fraction of sp³-hybridized carbons (Fsp3) is 0.573. The van der Waals surface area contributed by atoms with Crippen molar-refractivity contribution in [3.05, 3.63) is 216 Å². The van der Waals surface area contributed by atoms with E-state index in [0.29, 0.717) is 82.1 Å². The van der Waals surface area contributed by atoms with E-state index >= 15 is 0 Å². The largest absolute Gasteiger partial charge is 0.496 e. The number of aromatic nitrogens is 2. The summed E-state index contributed by atoms with van der Waals surface area (Å²) in [4.78, 5) is 26.9. The smallest absolute Gasteiger partial charge is 0.264 e. The third-order valence-corrected chi connectivity index (χ3v) is 24.0. The molecule has 0 N–H and O–H groups in total. The number of rotatable bonds is 16. The summed E-state index contributed by atoms with van der Waals surface area (Å²) in [5.41, 5.74) is 5.60. The van der Waals surface area contributed by atoms with Gasteiger partial charge in [0.25, 0.3) is 6.43 Å². The molecule has 7 aliphatic heterocycles. The van der Waals surface area contributed by atoms with Gasteiger partial charge in [0.1, 0.15) is 34.8 Å². The van der Waals surface area contributed by atoms with Crippen LogP contribution in [0.1, 0.15) is 279 Å². The number of thiophene rings is 1. The lowest BCUT2D eigenvalue weighted by molar-refractivity contribution is 0.144. The van der Waals surface area contributed by atoms with Gasteiger partial charge in [-0.05, 0) is 351 Å². The summed E-state index contributed by atoms with van der Waals surface area (Å²) in [5, 5.41) is 3.36. The molecule has 7 aliphatic rings. The van der Waals surface area contributed by atoms with Crippen LogP contribution in [0.25, 0.3) is 0 Å². The number of methoxy groups -OCH3 is 1. The molecule has 14 rings (SSSR count). The van der Waals surface area contributed by atoms with Gasteiger partial charge in [0.15, 0.2) is 0 Å². The minimum atomic E-state index is -2.55. The molecule has 109 heavy (non-hydrogen) atoms. The quantitative estimate of drug-likeness (QED) is 0.0875. The van der Waals surface area contributed by atoms with E-state index in [2.05, 4.69) is 157 Å². The highest BCUT2D eigenvalue weighted by atomic mass is 35.5. The first kappa shape index (κ1) is 89.0. The number of halogens is 9. The van der Waals surface area contributed by atoms with Gasteiger partial charge in [-0.15, -0.1) is 11.3 Å². The zero-order valence-corrected chi connectivity index (χ0v) is 69.8. The second kappa shape index (κ2) is 43.7. The summed E-state index contributed by atoms with van der Waals surface area (Å²) >= 11 is 13.9. The third kappa shape index (κ3) is 25.2. The zero-order chi connectivity index (χ0) is 79.2. The standard InChI is InChI=1S/C14H18F3N.C14H20FNO.2C13H17ClFN.C12H17FN2.C12H18N2.C11H17NS/c1-9(2)18-7-3-4-13(18)12-8-10(15)5-6-11(12)14(16)17;1-10(2)16-8-4-5-13(16)12-9-11(15)6-7-14(12)17-3;1-9(2)16-7-3-4-13(16)11-8-10(15)5-6-12(11)14;1-9(2)16-5-3-4-13(16)10-6-11(14)8-12(15)7-10;1-9(2)15-5-3-4-12(15)10-6-11(13)8-14-7-10;1-10(2)14-9-5-7-12(14)11-6-3-4-8-13-11;1-9(2)12-7-3-5-10(12)11-6-4-8-13-11/h5-6,8-9,13-14H,3-4,7H2,1-2H3;6-7,9-10,13H,4-5,8H2,1-3H3;5-6,8-9,13H,3-4,7H2,1-2H3;6-9,13H,3-5H2,1-2H3;6-9,12H,3-5H2,1-2H3;3-4,6,8,10,12H,5,7,9H2,1-2H3;4,6,8-10H,3,5,7H2,1-2H3. The van der Waals surface area contributed by atoms with Crippen molar-refractivity contribution in [2.24, 2.45) is 0 Å². The van der Waals surface area contributed by atoms with Crippen molar-refractivity contribution < 1.29 is 35.5 Å². The molecular weight excluding hydrogens is 1450 g/mol. The predicted molar refractivity (Wildman–Crippen MR) is 437 cm³/mol. The Morgan fingerprint density at radius 1 is 0.394 bits per heavy atom. The molecule has 7 unspecified atom stereocenters. The minimum absolute atomic E-state index is 0.0334. The number of benzene rings is 4. The molecule has 0 saturated carbocycles. The van der Waals surface area contributed by atoms with E-state index in [1.165, 1.54) is 100 Å². The van der Waals surface area contributed by atoms with Gasteiger partial charge in [-0.3, -0.25) is 44.3 Å². The fourth-order valence-corrected chi connectivity index (χ4v) is 18.7. The molecule has 0 bridgehead atoms. The van der Waals surface area contributed by atoms with Gasteiger partial charge in [0.05, 0.1) is 25.0 Å². The topological polar surface area (TPSA) is 57.7 Å². The summed E-state index contributed by atoms with van der Waals surface area (Å²) in [6, 6.07) is 36.2. The molecule has 10 heterocycles. The molecule has 7 atom stereocenters. The third-order valence-electron chi connectivity index (χ3n) is 22.5. The lowest BCUT2D eigenvalue weighted by atomic mass is 9.97. The molecule has 7 saturated heterocycles. The van der Waals surface area contributed by atoms with Gasteiger partial charge in [-0.1, -0.05) is 41.4 Å². The number of ether oxygens (including phenoxy) is 1. The number of pyridine rings is 2. The first-order valence-corrected chi connectivity index (χ1v) is 41.9. The van der Waals surface area contributed by atoms with Crippen LogP contribution < -0.4 is 4.74 Å². The van der Waals surface area contributed by atoms with Gasteiger partial charge in [-0.2, -0.15) is 0 Å². The van der Waals surface area contributed by atoms with Crippen LogP contribution in [0.5, 0.6) is 5.75 Å². The Morgan fingerprint density at radius 2 is 0.807 bits per heavy atom. The lowest BCUT2D eigenvalue weighted by Crippen LogP contribution is -2.30. The maximum Gasteiger partial charge on any atom is 0.264 e. The zero-order valence-electron chi connectivity index (χ0n) is 67.5. The summed E-state index contributed by atoms with van der Waals surface area (Å²) in [6.45, 7) is 38.4. The van der Waals surface area contributed by atoms with E-state index in [4.69, 9.17) is 27.9 Å². The first-order valence-electron chi connectivity index (χ1n) is 40.2. The van der Waals surface area contributed by atoms with Crippen LogP contribution in [-0.4, -0.2) is 139 Å². The summed E-state index contributed by atoms with van der Waals surface area (Å²) in [7, 11) is 1.64. The van der Waals surface area contributed by atoms with Crippen molar-refractivity contribution in [1.29, 1.82) is 0 Å². The monoisotopic (exact) mass is 1570 g/mol. The Kier molecular flexibility index (Phi) is 35.7. The molecule has 0 amide bonds. The Morgan fingerprint density at radius 3 is 1.27 bits per heavy atom. The molecule has 0 radical (unpaired) electrons. The average Bonchev–Trinajstić information content (AvgIpc) is 1.70. The molecule has 10 nitrogen and oxygen atoms in total. The fourth-order valence-electron chi connectivity index (χ4n) is 17.4.